The van der Waals surface area contributed by atoms with Crippen molar-refractivity contribution in [2.24, 2.45) is 0 Å². The largest absolute Gasteiger partial charge is 0.350 e. The minimum Gasteiger partial charge on any atom is -0.350 e. The molecule has 0 fully saturated rings. The lowest BCUT2D eigenvalue weighted by atomic mass is 10.1. The summed E-state index contributed by atoms with van der Waals surface area (Å²) in [4.78, 5) is 27.3. The van der Waals surface area contributed by atoms with E-state index in [1.54, 1.807) is 31.2 Å². The summed E-state index contributed by atoms with van der Waals surface area (Å²) < 4.78 is 13.3. The van der Waals surface area contributed by atoms with Gasteiger partial charge in [0.05, 0.1) is 15.8 Å². The van der Waals surface area contributed by atoms with E-state index in [1.807, 2.05) is 26.8 Å². The Labute approximate surface area is 197 Å². The molecule has 2 amide bonds. The smallest absolute Gasteiger partial charge is 0.242 e. The molecule has 1 atom stereocenters. The Bertz CT molecular complexity index is 917. The summed E-state index contributed by atoms with van der Waals surface area (Å²) in [6.45, 7) is 7.57. The summed E-state index contributed by atoms with van der Waals surface area (Å²) in [6, 6.07) is 10.6. The molecule has 0 saturated heterocycles. The maximum Gasteiger partial charge on any atom is 0.242 e. The molecule has 0 aromatic heterocycles. The van der Waals surface area contributed by atoms with Crippen LogP contribution in [0.2, 0.25) is 10.0 Å². The Morgan fingerprint density at radius 2 is 1.68 bits per heavy atom. The molecule has 0 bridgehead atoms. The van der Waals surface area contributed by atoms with Crippen molar-refractivity contribution in [2.45, 2.75) is 51.6 Å². The second kappa shape index (κ2) is 11.2. The quantitative estimate of drug-likeness (QED) is 0.522. The molecule has 0 aliphatic heterocycles. The van der Waals surface area contributed by atoms with E-state index < -0.39 is 11.6 Å². The highest BCUT2D eigenvalue weighted by atomic mass is 35.5. The number of hydrogen-bond acceptors (Lipinski definition) is 3. The molecule has 1 N–H and O–H groups in total. The molecule has 2 aromatic carbocycles. The van der Waals surface area contributed by atoms with Gasteiger partial charge in [-0.3, -0.25) is 9.59 Å². The minimum absolute atomic E-state index is 0.175. The predicted molar refractivity (Wildman–Crippen MR) is 127 cm³/mol. The topological polar surface area (TPSA) is 49.4 Å². The first kappa shape index (κ1) is 25.5. The van der Waals surface area contributed by atoms with Crippen molar-refractivity contribution >= 4 is 46.8 Å². The summed E-state index contributed by atoms with van der Waals surface area (Å²) >= 11 is 13.4. The number of hydrogen-bond donors (Lipinski definition) is 1. The zero-order valence-electron chi connectivity index (χ0n) is 18.0. The molecule has 0 unspecified atom stereocenters. The predicted octanol–water partition coefficient (Wildman–Crippen LogP) is 5.70. The molecule has 168 valence electrons. The fourth-order valence-corrected chi connectivity index (χ4v) is 3.99. The van der Waals surface area contributed by atoms with E-state index in [1.165, 1.54) is 28.8 Å². The molecule has 0 aliphatic carbocycles. The summed E-state index contributed by atoms with van der Waals surface area (Å²) in [6.07, 6.45) is 0. The number of halogens is 3. The number of amides is 2. The number of benzene rings is 2. The average Bonchev–Trinajstić information content (AvgIpc) is 2.68. The van der Waals surface area contributed by atoms with Gasteiger partial charge in [0.1, 0.15) is 11.9 Å². The van der Waals surface area contributed by atoms with Gasteiger partial charge < -0.3 is 10.2 Å². The molecule has 8 heteroatoms. The molecule has 0 saturated carbocycles. The van der Waals surface area contributed by atoms with Crippen molar-refractivity contribution in [2.75, 3.05) is 5.75 Å². The molecule has 0 radical (unpaired) electrons. The SMILES string of the molecule is C[C@@H](C(=O)NC(C)(C)C)N(Cc1ccc(F)cc1)C(=O)CSCc1ccc(Cl)c(Cl)c1. The minimum atomic E-state index is -0.678. The van der Waals surface area contributed by atoms with E-state index in [0.29, 0.717) is 15.8 Å². The zero-order valence-corrected chi connectivity index (χ0v) is 20.4. The number of thioether (sulfide) groups is 1. The average molecular weight is 485 g/mol. The van der Waals surface area contributed by atoms with E-state index in [2.05, 4.69) is 5.32 Å². The molecule has 31 heavy (non-hydrogen) atoms. The maximum atomic E-state index is 13.3. The second-order valence-corrected chi connectivity index (χ2v) is 10.1. The van der Waals surface area contributed by atoms with Crippen molar-refractivity contribution in [1.29, 1.82) is 0 Å². The molecule has 0 spiro atoms. The first-order chi connectivity index (χ1) is 14.5. The number of nitrogens with zero attached hydrogens (tertiary/aromatic N) is 1. The third-order valence-electron chi connectivity index (χ3n) is 4.41. The number of carbonyl (C=O) groups is 2. The molecule has 2 rings (SSSR count). The van der Waals surface area contributed by atoms with Gasteiger partial charge in [-0.05, 0) is 63.1 Å². The van der Waals surface area contributed by atoms with Crippen LogP contribution < -0.4 is 5.32 Å². The highest BCUT2D eigenvalue weighted by molar-refractivity contribution is 7.99. The number of rotatable bonds is 8. The van der Waals surface area contributed by atoms with Gasteiger partial charge in [-0.15, -0.1) is 11.8 Å². The van der Waals surface area contributed by atoms with Crippen LogP contribution in [0, 0.1) is 5.82 Å². The van der Waals surface area contributed by atoms with Gasteiger partial charge in [0.2, 0.25) is 11.8 Å². The van der Waals surface area contributed by atoms with Crippen LogP contribution in [0.25, 0.3) is 0 Å². The Kier molecular flexibility index (Phi) is 9.22. The van der Waals surface area contributed by atoms with Gasteiger partial charge in [0, 0.05) is 17.8 Å². The first-order valence-corrected chi connectivity index (χ1v) is 11.7. The van der Waals surface area contributed by atoms with Gasteiger partial charge in [-0.25, -0.2) is 4.39 Å². The van der Waals surface area contributed by atoms with Gasteiger partial charge in [-0.1, -0.05) is 41.4 Å². The van der Waals surface area contributed by atoms with Gasteiger partial charge in [0.25, 0.3) is 0 Å². The lowest BCUT2D eigenvalue weighted by Crippen LogP contribution is -2.52. The van der Waals surface area contributed by atoms with E-state index in [9.17, 15) is 14.0 Å². The van der Waals surface area contributed by atoms with Gasteiger partial charge in [0.15, 0.2) is 0 Å². The molecular weight excluding hydrogens is 458 g/mol. The number of nitrogens with one attached hydrogen (secondary N) is 1. The van der Waals surface area contributed by atoms with Crippen LogP contribution in [0.15, 0.2) is 42.5 Å². The summed E-state index contributed by atoms with van der Waals surface area (Å²) in [7, 11) is 0. The van der Waals surface area contributed by atoms with Crippen LogP contribution in [0.1, 0.15) is 38.8 Å². The normalized spacial score (nSPS) is 12.4. The van der Waals surface area contributed by atoms with E-state index >= 15 is 0 Å². The van der Waals surface area contributed by atoms with Crippen LogP contribution >= 0.6 is 35.0 Å². The van der Waals surface area contributed by atoms with E-state index in [4.69, 9.17) is 23.2 Å². The second-order valence-electron chi connectivity index (χ2n) is 8.30. The molecule has 0 aliphatic rings. The molecule has 0 heterocycles. The highest BCUT2D eigenvalue weighted by Crippen LogP contribution is 2.25. The van der Waals surface area contributed by atoms with E-state index in [-0.39, 0.29) is 29.9 Å². The van der Waals surface area contributed by atoms with Crippen molar-refractivity contribution in [3.8, 4) is 0 Å². The summed E-state index contributed by atoms with van der Waals surface area (Å²) in [5, 5.41) is 3.87. The van der Waals surface area contributed by atoms with Crippen molar-refractivity contribution in [3.05, 3.63) is 69.5 Å². The fraction of sp³-hybridized carbons (Fsp3) is 0.391. The van der Waals surface area contributed by atoms with Crippen LogP contribution in [0.4, 0.5) is 4.39 Å². The maximum absolute atomic E-state index is 13.3. The molecular formula is C23H27Cl2FN2O2S. The third kappa shape index (κ3) is 8.36. The van der Waals surface area contributed by atoms with Crippen LogP contribution in [0.3, 0.4) is 0 Å². The van der Waals surface area contributed by atoms with Crippen molar-refractivity contribution < 1.29 is 14.0 Å². The van der Waals surface area contributed by atoms with Crippen LogP contribution in [0.5, 0.6) is 0 Å². The molecule has 2 aromatic rings. The van der Waals surface area contributed by atoms with Crippen molar-refractivity contribution in [3.63, 3.8) is 0 Å². The fourth-order valence-electron chi connectivity index (χ4n) is 2.81. The number of carbonyl (C=O) groups excluding carboxylic acids is 2. The van der Waals surface area contributed by atoms with Gasteiger partial charge in [-0.2, -0.15) is 0 Å². The van der Waals surface area contributed by atoms with E-state index in [0.717, 1.165) is 11.1 Å². The first-order valence-electron chi connectivity index (χ1n) is 9.84. The monoisotopic (exact) mass is 484 g/mol. The van der Waals surface area contributed by atoms with Crippen molar-refractivity contribution in [1.82, 2.24) is 10.2 Å². The summed E-state index contributed by atoms with van der Waals surface area (Å²) in [5.41, 5.74) is 1.29. The Morgan fingerprint density at radius 3 is 2.26 bits per heavy atom. The van der Waals surface area contributed by atoms with Gasteiger partial charge >= 0.3 is 0 Å². The van der Waals surface area contributed by atoms with Crippen LogP contribution in [-0.4, -0.2) is 34.0 Å². The van der Waals surface area contributed by atoms with Crippen LogP contribution in [-0.2, 0) is 21.9 Å². The standard InChI is InChI=1S/C23H27Cl2FN2O2S/c1-15(22(30)27-23(2,3)4)28(12-16-5-8-18(26)9-6-16)21(29)14-31-13-17-7-10-19(24)20(25)11-17/h5-11,15H,12-14H2,1-4H3,(H,27,30)/t15-/m0/s1. The zero-order chi connectivity index (χ0) is 23.2. The highest BCUT2D eigenvalue weighted by Gasteiger charge is 2.28. The lowest BCUT2D eigenvalue weighted by Gasteiger charge is -2.31. The third-order valence-corrected chi connectivity index (χ3v) is 6.14. The Hall–Kier alpha value is -1.76. The lowest BCUT2D eigenvalue weighted by molar-refractivity contribution is -0.139. The Morgan fingerprint density at radius 1 is 1.06 bits per heavy atom. The summed E-state index contributed by atoms with van der Waals surface area (Å²) in [5.74, 6) is 0.00480. The molecule has 4 nitrogen and oxygen atoms in total. The Balaban J connectivity index is 2.09.